The summed E-state index contributed by atoms with van der Waals surface area (Å²) in [5.74, 6) is 0.417. The molecule has 10 rings (SSSR count). The average Bonchev–Trinajstić information content (AvgIpc) is 3.69. The normalized spacial score (nSPS) is 11.7. The molecular weight excluding hydrogens is 857 g/mol. The van der Waals surface area contributed by atoms with Gasteiger partial charge in [0.05, 0.1) is 62.5 Å². The Morgan fingerprint density at radius 2 is 0.910 bits per heavy atom. The topological polar surface area (TPSA) is 78.3 Å². The van der Waals surface area contributed by atoms with Crippen molar-refractivity contribution in [3.05, 3.63) is 210 Å². The summed E-state index contributed by atoms with van der Waals surface area (Å²) in [5.41, 5.74) is 6.27. The van der Waals surface area contributed by atoms with E-state index in [9.17, 15) is 36.9 Å². The Hall–Kier alpha value is -8.80. The molecule has 0 aliphatic carbocycles. The van der Waals surface area contributed by atoms with Gasteiger partial charge in [-0.2, -0.15) is 36.9 Å². The Morgan fingerprint density at radius 1 is 0.403 bits per heavy atom. The second-order valence-electron chi connectivity index (χ2n) is 15.8. The molecule has 0 saturated carbocycles. The van der Waals surface area contributed by atoms with Gasteiger partial charge in [0.2, 0.25) is 0 Å². The number of hydrogen-bond donors (Lipinski definition) is 0. The lowest BCUT2D eigenvalue weighted by Crippen LogP contribution is -2.12. The van der Waals surface area contributed by atoms with Crippen LogP contribution in [-0.2, 0) is 12.4 Å². The van der Waals surface area contributed by atoms with E-state index >= 15 is 0 Å². The number of aromatic nitrogens is 3. The van der Waals surface area contributed by atoms with Crippen LogP contribution in [-0.4, -0.2) is 14.5 Å². The molecule has 10 aromatic rings. The maximum Gasteiger partial charge on any atom is 0.417 e. The minimum absolute atomic E-state index is 0.0797. The first-order chi connectivity index (χ1) is 32.4. The van der Waals surface area contributed by atoms with E-state index in [0.29, 0.717) is 78.6 Å². The Labute approximate surface area is 379 Å². The predicted molar refractivity (Wildman–Crippen MR) is 248 cm³/mol. The molecule has 2 aromatic heterocycles. The van der Waals surface area contributed by atoms with Crippen LogP contribution in [0.4, 0.5) is 26.3 Å². The second kappa shape index (κ2) is 16.6. The van der Waals surface area contributed by atoms with Gasteiger partial charge in [0, 0.05) is 38.6 Å². The lowest BCUT2D eigenvalue weighted by Gasteiger charge is -2.21. The van der Waals surface area contributed by atoms with Gasteiger partial charge in [-0.15, -0.1) is 0 Å². The van der Waals surface area contributed by atoms with Gasteiger partial charge in [0.15, 0.2) is 5.82 Å². The third-order valence-corrected chi connectivity index (χ3v) is 11.7. The van der Waals surface area contributed by atoms with Crippen molar-refractivity contribution in [1.29, 1.82) is 10.5 Å². The number of fused-ring (bicyclic) bond motifs is 3. The molecule has 5 nitrogen and oxygen atoms in total. The highest BCUT2D eigenvalue weighted by molar-refractivity contribution is 6.12. The number of rotatable bonds is 7. The summed E-state index contributed by atoms with van der Waals surface area (Å²) in [4.78, 5) is 10.3. The molecule has 67 heavy (non-hydrogen) atoms. The van der Waals surface area contributed by atoms with Crippen molar-refractivity contribution in [3.8, 4) is 85.1 Å². The minimum atomic E-state index is -5.08. The fourth-order valence-electron chi connectivity index (χ4n) is 8.57. The summed E-state index contributed by atoms with van der Waals surface area (Å²) in [6.45, 7) is 0. The molecule has 0 N–H and O–H groups in total. The maximum atomic E-state index is 14.6. The van der Waals surface area contributed by atoms with Crippen LogP contribution < -0.4 is 0 Å². The van der Waals surface area contributed by atoms with Crippen LogP contribution in [0.25, 0.3) is 94.8 Å². The maximum absolute atomic E-state index is 14.6. The van der Waals surface area contributed by atoms with E-state index in [-0.39, 0.29) is 11.6 Å². The van der Waals surface area contributed by atoms with E-state index in [2.05, 4.69) is 12.1 Å². The summed E-state index contributed by atoms with van der Waals surface area (Å²) in [7, 11) is 0. The van der Waals surface area contributed by atoms with Gasteiger partial charge in [0.1, 0.15) is 0 Å². The number of nitrogens with zero attached hydrogens (tertiary/aromatic N) is 5. The molecule has 0 bridgehead atoms. The number of para-hydroxylation sites is 1. The van der Waals surface area contributed by atoms with Crippen molar-refractivity contribution in [2.24, 2.45) is 0 Å². The number of nitriles is 2. The summed E-state index contributed by atoms with van der Waals surface area (Å²) < 4.78 is 86.8. The first-order valence-electron chi connectivity index (χ1n) is 20.9. The van der Waals surface area contributed by atoms with Crippen molar-refractivity contribution < 1.29 is 26.3 Å². The van der Waals surface area contributed by atoms with Crippen LogP contribution >= 0.6 is 0 Å². The lowest BCUT2D eigenvalue weighted by atomic mass is 9.91. The third kappa shape index (κ3) is 7.94. The Balaban J connectivity index is 1.29. The van der Waals surface area contributed by atoms with Gasteiger partial charge in [-0.3, -0.25) is 0 Å². The van der Waals surface area contributed by atoms with Gasteiger partial charge >= 0.3 is 12.4 Å². The van der Waals surface area contributed by atoms with E-state index in [4.69, 9.17) is 9.97 Å². The van der Waals surface area contributed by atoms with E-state index < -0.39 is 29.0 Å². The molecule has 0 amide bonds. The largest absolute Gasteiger partial charge is 0.417 e. The summed E-state index contributed by atoms with van der Waals surface area (Å²) >= 11 is 0. The predicted octanol–water partition coefficient (Wildman–Crippen LogP) is 15.4. The van der Waals surface area contributed by atoms with Crippen LogP contribution in [0.3, 0.4) is 0 Å². The fourth-order valence-corrected chi connectivity index (χ4v) is 8.57. The van der Waals surface area contributed by atoms with E-state index in [1.165, 1.54) is 6.07 Å². The first kappa shape index (κ1) is 42.2. The monoisotopic (exact) mass is 887 g/mol. The molecule has 0 unspecified atom stereocenters. The highest BCUT2D eigenvalue weighted by Gasteiger charge is 2.38. The molecule has 322 valence electrons. The zero-order chi connectivity index (χ0) is 46.5. The first-order valence-corrected chi connectivity index (χ1v) is 20.9. The van der Waals surface area contributed by atoms with Crippen molar-refractivity contribution in [3.63, 3.8) is 0 Å². The van der Waals surface area contributed by atoms with Crippen LogP contribution in [0, 0.1) is 22.7 Å². The van der Waals surface area contributed by atoms with Gasteiger partial charge in [0.25, 0.3) is 0 Å². The number of halogens is 6. The molecular formula is C56H31F6N5. The van der Waals surface area contributed by atoms with Crippen molar-refractivity contribution >= 4 is 21.8 Å². The van der Waals surface area contributed by atoms with Crippen molar-refractivity contribution in [2.75, 3.05) is 0 Å². The smallest absolute Gasteiger partial charge is 0.308 e. The number of hydrogen-bond acceptors (Lipinski definition) is 4. The molecule has 11 heteroatoms. The highest BCUT2D eigenvalue weighted by atomic mass is 19.4. The van der Waals surface area contributed by atoms with Gasteiger partial charge in [-0.1, -0.05) is 115 Å². The second-order valence-corrected chi connectivity index (χ2v) is 15.8. The third-order valence-electron chi connectivity index (χ3n) is 11.7. The zero-order valence-corrected chi connectivity index (χ0v) is 34.9. The van der Waals surface area contributed by atoms with Crippen LogP contribution in [0.2, 0.25) is 0 Å². The average molecular weight is 888 g/mol. The van der Waals surface area contributed by atoms with Crippen LogP contribution in [0.15, 0.2) is 188 Å². The Morgan fingerprint density at radius 3 is 1.43 bits per heavy atom. The molecule has 0 fully saturated rings. The Kier molecular flexibility index (Phi) is 10.5. The van der Waals surface area contributed by atoms with Gasteiger partial charge < -0.3 is 4.57 Å². The van der Waals surface area contributed by atoms with Gasteiger partial charge in [-0.05, 0) is 95.1 Å². The standard InChI is InChI=1S/C56H31F6N5/c57-55(58,59)42-24-25-43(48(30-42)56(60,61)62)40-23-26-52-47(27-40)44-13-7-8-14-51(44)67(52)53-45(36-19-15-34(32-63)16-20-36)28-41(29-46(53)37-21-17-35(33-64)18-22-37)54-65-49(38-9-3-1-4-10-38)31-50(66-54)39-11-5-2-6-12-39/h1-31H. The van der Waals surface area contributed by atoms with E-state index in [0.717, 1.165) is 28.3 Å². The van der Waals surface area contributed by atoms with Crippen LogP contribution in [0.1, 0.15) is 22.3 Å². The van der Waals surface area contributed by atoms with Crippen LogP contribution in [0.5, 0.6) is 0 Å². The Bertz CT molecular complexity index is 3470. The zero-order valence-electron chi connectivity index (χ0n) is 34.9. The van der Waals surface area contributed by atoms with Crippen molar-refractivity contribution in [1.82, 2.24) is 14.5 Å². The molecule has 0 saturated heterocycles. The quantitative estimate of drug-likeness (QED) is 0.149. The summed E-state index contributed by atoms with van der Waals surface area (Å²) in [6.07, 6.45) is -10.1. The molecule has 0 atom stereocenters. The van der Waals surface area contributed by atoms with Gasteiger partial charge in [-0.25, -0.2) is 9.97 Å². The number of alkyl halides is 6. The SMILES string of the molecule is N#Cc1ccc(-c2cc(-c3nc(-c4ccccc4)cc(-c4ccccc4)n3)cc(-c3ccc(C#N)cc3)c2-n2c3ccccc3c3cc(-c4ccc(C(F)(F)F)cc4C(F)(F)F)ccc32)cc1. The molecule has 2 heterocycles. The fraction of sp³-hybridized carbons (Fsp3) is 0.0357. The molecule has 0 aliphatic rings. The van der Waals surface area contributed by atoms with E-state index in [1.54, 1.807) is 36.4 Å². The van der Waals surface area contributed by atoms with Crippen molar-refractivity contribution in [2.45, 2.75) is 12.4 Å². The van der Waals surface area contributed by atoms with E-state index in [1.807, 2.05) is 132 Å². The summed E-state index contributed by atoms with van der Waals surface area (Å²) in [6, 6.07) is 57.9. The molecule has 0 aliphatic heterocycles. The minimum Gasteiger partial charge on any atom is -0.308 e. The molecule has 0 radical (unpaired) electrons. The lowest BCUT2D eigenvalue weighted by molar-refractivity contribution is -0.142. The summed E-state index contributed by atoms with van der Waals surface area (Å²) in [5, 5.41) is 20.9. The molecule has 0 spiro atoms. The molecule has 8 aromatic carbocycles. The highest BCUT2D eigenvalue weighted by Crippen LogP contribution is 2.46. The number of benzene rings is 8.